The van der Waals surface area contributed by atoms with Gasteiger partial charge in [-0.1, -0.05) is 23.8 Å². The number of rotatable bonds is 5. The standard InChI is InChI=1S/C21H31N5.HI/c1-5-22-21(23-10-8-18-7-6-16(2)12-17(18)3)26-11-9-19(15-26)20-13-24-25(4)14-20;/h6-7,12-14,19H,5,8-11,15H2,1-4H3,(H,22,23);1H. The van der Waals surface area contributed by atoms with Crippen molar-refractivity contribution >= 4 is 29.9 Å². The van der Waals surface area contributed by atoms with Gasteiger partial charge in [0.05, 0.1) is 6.20 Å². The van der Waals surface area contributed by atoms with Gasteiger partial charge in [-0.25, -0.2) is 0 Å². The van der Waals surface area contributed by atoms with E-state index in [2.05, 4.69) is 60.5 Å². The summed E-state index contributed by atoms with van der Waals surface area (Å²) in [6.07, 6.45) is 6.28. The Bertz CT molecular complexity index is 768. The first kappa shape index (κ1) is 21.7. The van der Waals surface area contributed by atoms with E-state index in [-0.39, 0.29) is 24.0 Å². The molecule has 1 aromatic heterocycles. The molecule has 1 N–H and O–H groups in total. The number of guanidine groups is 1. The summed E-state index contributed by atoms with van der Waals surface area (Å²) in [5.74, 6) is 1.59. The first-order chi connectivity index (χ1) is 12.6. The van der Waals surface area contributed by atoms with Gasteiger partial charge < -0.3 is 10.2 Å². The molecular formula is C21H32IN5. The van der Waals surface area contributed by atoms with Crippen molar-refractivity contribution in [2.24, 2.45) is 12.0 Å². The molecule has 0 amide bonds. The molecule has 1 aliphatic rings. The lowest BCUT2D eigenvalue weighted by atomic mass is 10.0. The number of nitrogens with zero attached hydrogens (tertiary/aromatic N) is 4. The molecule has 1 aliphatic heterocycles. The number of hydrogen-bond donors (Lipinski definition) is 1. The number of halogens is 1. The third-order valence-electron chi connectivity index (χ3n) is 5.16. The number of likely N-dealkylation sites (tertiary alicyclic amines) is 1. The van der Waals surface area contributed by atoms with Crippen LogP contribution in [0.3, 0.4) is 0 Å². The van der Waals surface area contributed by atoms with E-state index in [0.717, 1.165) is 45.0 Å². The van der Waals surface area contributed by atoms with E-state index in [4.69, 9.17) is 4.99 Å². The fourth-order valence-corrected chi connectivity index (χ4v) is 3.71. The topological polar surface area (TPSA) is 45.5 Å². The molecule has 1 atom stereocenters. The van der Waals surface area contributed by atoms with Crippen LogP contribution in [0.15, 0.2) is 35.6 Å². The number of aliphatic imine (C=N–C) groups is 1. The van der Waals surface area contributed by atoms with Gasteiger partial charge in [0, 0.05) is 45.3 Å². The zero-order valence-electron chi connectivity index (χ0n) is 16.9. The van der Waals surface area contributed by atoms with E-state index < -0.39 is 0 Å². The molecule has 0 bridgehead atoms. The van der Waals surface area contributed by atoms with E-state index in [1.807, 2.05) is 17.9 Å². The highest BCUT2D eigenvalue weighted by atomic mass is 127. The van der Waals surface area contributed by atoms with Gasteiger partial charge in [0.15, 0.2) is 5.96 Å². The summed E-state index contributed by atoms with van der Waals surface area (Å²) < 4.78 is 1.89. The summed E-state index contributed by atoms with van der Waals surface area (Å²) in [6, 6.07) is 6.68. The first-order valence-corrected chi connectivity index (χ1v) is 9.64. The summed E-state index contributed by atoms with van der Waals surface area (Å²) in [5.41, 5.74) is 5.41. The zero-order chi connectivity index (χ0) is 18.5. The summed E-state index contributed by atoms with van der Waals surface area (Å²) in [7, 11) is 1.98. The van der Waals surface area contributed by atoms with Gasteiger partial charge in [-0.2, -0.15) is 5.10 Å². The molecule has 1 fully saturated rings. The van der Waals surface area contributed by atoms with Crippen molar-refractivity contribution in [3.63, 3.8) is 0 Å². The molecule has 5 nitrogen and oxygen atoms in total. The Kier molecular flexibility index (Phi) is 8.13. The molecule has 1 unspecified atom stereocenters. The highest BCUT2D eigenvalue weighted by Crippen LogP contribution is 2.26. The second-order valence-corrected chi connectivity index (χ2v) is 7.29. The smallest absolute Gasteiger partial charge is 0.193 e. The third kappa shape index (κ3) is 5.70. The zero-order valence-corrected chi connectivity index (χ0v) is 19.2. The fourth-order valence-electron chi connectivity index (χ4n) is 3.71. The molecule has 0 aliphatic carbocycles. The van der Waals surface area contributed by atoms with Crippen LogP contribution >= 0.6 is 24.0 Å². The number of hydrogen-bond acceptors (Lipinski definition) is 2. The SMILES string of the molecule is CCNC(=NCCc1ccc(C)cc1C)N1CCC(c2cnn(C)c2)C1.I. The van der Waals surface area contributed by atoms with Crippen LogP contribution in [0.4, 0.5) is 0 Å². The lowest BCUT2D eigenvalue weighted by Gasteiger charge is -2.21. The predicted molar refractivity (Wildman–Crippen MR) is 123 cm³/mol. The van der Waals surface area contributed by atoms with Gasteiger partial charge in [0.25, 0.3) is 0 Å². The van der Waals surface area contributed by atoms with Crippen LogP contribution in [0.5, 0.6) is 0 Å². The van der Waals surface area contributed by atoms with Crippen LogP contribution in [0.1, 0.15) is 41.5 Å². The minimum absolute atomic E-state index is 0. The normalized spacial score (nSPS) is 17.1. The van der Waals surface area contributed by atoms with Crippen molar-refractivity contribution in [1.82, 2.24) is 20.0 Å². The van der Waals surface area contributed by atoms with Crippen LogP contribution in [0.25, 0.3) is 0 Å². The summed E-state index contributed by atoms with van der Waals surface area (Å²) in [4.78, 5) is 7.29. The Morgan fingerprint density at radius 1 is 1.33 bits per heavy atom. The quantitative estimate of drug-likeness (QED) is 0.403. The molecule has 2 aromatic rings. The van der Waals surface area contributed by atoms with Crippen molar-refractivity contribution in [2.75, 3.05) is 26.2 Å². The highest BCUT2D eigenvalue weighted by molar-refractivity contribution is 14.0. The Hall–Kier alpha value is -1.57. The van der Waals surface area contributed by atoms with Gasteiger partial charge in [-0.3, -0.25) is 9.67 Å². The molecule has 3 rings (SSSR count). The highest BCUT2D eigenvalue weighted by Gasteiger charge is 2.26. The Morgan fingerprint density at radius 3 is 2.81 bits per heavy atom. The summed E-state index contributed by atoms with van der Waals surface area (Å²) >= 11 is 0. The van der Waals surface area contributed by atoms with Crippen LogP contribution in [-0.2, 0) is 13.5 Å². The molecule has 27 heavy (non-hydrogen) atoms. The second-order valence-electron chi connectivity index (χ2n) is 7.29. The van der Waals surface area contributed by atoms with Gasteiger partial charge in [-0.05, 0) is 50.3 Å². The summed E-state index contributed by atoms with van der Waals surface area (Å²) in [5, 5.41) is 7.78. The van der Waals surface area contributed by atoms with Crippen LogP contribution < -0.4 is 5.32 Å². The number of benzene rings is 1. The minimum Gasteiger partial charge on any atom is -0.357 e. The average Bonchev–Trinajstić information content (AvgIpc) is 3.25. The van der Waals surface area contributed by atoms with E-state index in [1.54, 1.807) is 0 Å². The van der Waals surface area contributed by atoms with Gasteiger partial charge >= 0.3 is 0 Å². The fraction of sp³-hybridized carbons (Fsp3) is 0.524. The van der Waals surface area contributed by atoms with Crippen LogP contribution in [0.2, 0.25) is 0 Å². The molecule has 0 saturated carbocycles. The Morgan fingerprint density at radius 2 is 2.15 bits per heavy atom. The van der Waals surface area contributed by atoms with E-state index >= 15 is 0 Å². The number of nitrogens with one attached hydrogen (secondary N) is 1. The lowest BCUT2D eigenvalue weighted by Crippen LogP contribution is -2.40. The average molecular weight is 481 g/mol. The Balaban J connectivity index is 0.00000261. The lowest BCUT2D eigenvalue weighted by molar-refractivity contribution is 0.486. The third-order valence-corrected chi connectivity index (χ3v) is 5.16. The van der Waals surface area contributed by atoms with E-state index in [1.165, 1.54) is 22.3 Å². The maximum absolute atomic E-state index is 4.90. The minimum atomic E-state index is 0. The monoisotopic (exact) mass is 481 g/mol. The van der Waals surface area contributed by atoms with Gasteiger partial charge in [0.2, 0.25) is 0 Å². The van der Waals surface area contributed by atoms with Gasteiger partial charge in [0.1, 0.15) is 0 Å². The van der Waals surface area contributed by atoms with Gasteiger partial charge in [-0.15, -0.1) is 24.0 Å². The van der Waals surface area contributed by atoms with Crippen molar-refractivity contribution in [3.8, 4) is 0 Å². The largest absolute Gasteiger partial charge is 0.357 e. The maximum atomic E-state index is 4.90. The van der Waals surface area contributed by atoms with E-state index in [0.29, 0.717) is 5.92 Å². The van der Waals surface area contributed by atoms with Crippen molar-refractivity contribution in [1.29, 1.82) is 0 Å². The first-order valence-electron chi connectivity index (χ1n) is 9.64. The molecule has 148 valence electrons. The van der Waals surface area contributed by atoms with Crippen LogP contribution in [-0.4, -0.2) is 46.8 Å². The summed E-state index contributed by atoms with van der Waals surface area (Å²) in [6.45, 7) is 10.3. The molecule has 1 saturated heterocycles. The van der Waals surface area contributed by atoms with E-state index in [9.17, 15) is 0 Å². The molecule has 6 heteroatoms. The number of aromatic nitrogens is 2. The molecule has 0 radical (unpaired) electrons. The predicted octanol–water partition coefficient (Wildman–Crippen LogP) is 3.65. The maximum Gasteiger partial charge on any atom is 0.193 e. The van der Waals surface area contributed by atoms with Crippen molar-refractivity contribution < 1.29 is 0 Å². The van der Waals surface area contributed by atoms with Crippen molar-refractivity contribution in [3.05, 3.63) is 52.8 Å². The van der Waals surface area contributed by atoms with Crippen LogP contribution in [0, 0.1) is 13.8 Å². The molecule has 2 heterocycles. The molecule has 0 spiro atoms. The Labute approximate surface area is 180 Å². The second kappa shape index (κ2) is 10.1. The molecule has 1 aromatic carbocycles. The molecular weight excluding hydrogens is 449 g/mol. The number of aryl methyl sites for hydroxylation is 3. The van der Waals surface area contributed by atoms with Crippen molar-refractivity contribution in [2.45, 2.75) is 39.5 Å².